The topological polar surface area (TPSA) is 121 Å². The van der Waals surface area contributed by atoms with Gasteiger partial charge in [0.1, 0.15) is 11.4 Å². The van der Waals surface area contributed by atoms with Gasteiger partial charge in [-0.15, -0.1) is 0 Å². The zero-order valence-corrected chi connectivity index (χ0v) is 22.9. The summed E-state index contributed by atoms with van der Waals surface area (Å²) < 4.78 is 6.23. The number of hydrogen-bond donors (Lipinski definition) is 2. The number of ether oxygens (including phenoxy) is 1. The molecule has 2 fully saturated rings. The van der Waals surface area contributed by atoms with E-state index in [0.29, 0.717) is 12.0 Å². The SMILES string of the molecule is CC1(C)CC(=O)N(C(c2cccc(C#N)c2)[C@@H]2C[C@H]2C(=O)NC2C[C@@]23CC(C)(C)Oc2ccccc23)C(N)=N1. The van der Waals surface area contributed by atoms with E-state index < -0.39 is 11.6 Å². The number of carbonyl (C=O) groups excluding carboxylic acids is 2. The van der Waals surface area contributed by atoms with Crippen LogP contribution >= 0.6 is 0 Å². The standard InChI is InChI=1S/C31H35N5O3/c1-29(2)15-25(37)36(28(33)35-29)26(19-9-7-8-18(12-19)16-32)20-13-21(20)27(38)34-24-14-31(24)17-30(3,4)39-23-11-6-5-10-22(23)31/h5-12,20-21,24,26H,13-15,17H2,1-4H3,(H2,33,35)(H,34,38)/t20-,21-,24?,26?,31+/m1/s1. The highest BCUT2D eigenvalue weighted by atomic mass is 16.5. The van der Waals surface area contributed by atoms with E-state index in [1.807, 2.05) is 44.2 Å². The molecule has 2 aliphatic heterocycles. The van der Waals surface area contributed by atoms with Crippen molar-refractivity contribution in [3.05, 3.63) is 65.2 Å². The van der Waals surface area contributed by atoms with E-state index >= 15 is 0 Å². The van der Waals surface area contributed by atoms with Crippen molar-refractivity contribution < 1.29 is 14.3 Å². The van der Waals surface area contributed by atoms with Crippen LogP contribution in [0.5, 0.6) is 5.75 Å². The van der Waals surface area contributed by atoms with Crippen molar-refractivity contribution in [2.45, 2.75) is 82.0 Å². The van der Waals surface area contributed by atoms with E-state index in [1.54, 1.807) is 17.0 Å². The van der Waals surface area contributed by atoms with Gasteiger partial charge < -0.3 is 15.8 Å². The Balaban J connectivity index is 1.25. The number of rotatable bonds is 5. The van der Waals surface area contributed by atoms with Gasteiger partial charge in [-0.25, -0.2) is 4.99 Å². The minimum atomic E-state index is -0.578. The lowest BCUT2D eigenvalue weighted by molar-refractivity contribution is -0.132. The third kappa shape index (κ3) is 4.44. The number of amides is 2. The van der Waals surface area contributed by atoms with E-state index in [0.717, 1.165) is 24.2 Å². The maximum absolute atomic E-state index is 13.6. The van der Waals surface area contributed by atoms with E-state index in [1.165, 1.54) is 5.56 Å². The van der Waals surface area contributed by atoms with Crippen LogP contribution in [0.1, 0.15) is 76.1 Å². The van der Waals surface area contributed by atoms with Gasteiger partial charge in [-0.2, -0.15) is 5.26 Å². The average molecular weight is 526 g/mol. The monoisotopic (exact) mass is 525 g/mol. The summed E-state index contributed by atoms with van der Waals surface area (Å²) in [6.07, 6.45) is 2.59. The summed E-state index contributed by atoms with van der Waals surface area (Å²) in [5, 5.41) is 12.8. The lowest BCUT2D eigenvalue weighted by atomic mass is 9.81. The quantitative estimate of drug-likeness (QED) is 0.612. The van der Waals surface area contributed by atoms with Gasteiger partial charge in [0.15, 0.2) is 5.96 Å². The van der Waals surface area contributed by atoms with Gasteiger partial charge in [-0.05, 0) is 76.6 Å². The Hall–Kier alpha value is -3.86. The van der Waals surface area contributed by atoms with Gasteiger partial charge in [-0.3, -0.25) is 14.5 Å². The third-order valence-corrected chi connectivity index (χ3v) is 8.68. The first kappa shape index (κ1) is 25.4. The molecule has 39 heavy (non-hydrogen) atoms. The fraction of sp³-hybridized carbons (Fsp3) is 0.484. The number of nitriles is 1. The van der Waals surface area contributed by atoms with Crippen molar-refractivity contribution in [1.82, 2.24) is 10.2 Å². The molecule has 8 nitrogen and oxygen atoms in total. The van der Waals surface area contributed by atoms with Crippen LogP contribution in [-0.2, 0) is 15.0 Å². The van der Waals surface area contributed by atoms with Crippen LogP contribution in [0.15, 0.2) is 53.5 Å². The summed E-state index contributed by atoms with van der Waals surface area (Å²) >= 11 is 0. The van der Waals surface area contributed by atoms with Crippen molar-refractivity contribution >= 4 is 17.8 Å². The molecule has 0 bridgehead atoms. The van der Waals surface area contributed by atoms with Crippen LogP contribution in [-0.4, -0.2) is 39.9 Å². The second-order valence-corrected chi connectivity index (χ2v) is 12.9. The summed E-state index contributed by atoms with van der Waals surface area (Å²) in [6, 6.07) is 17.1. The predicted molar refractivity (Wildman–Crippen MR) is 147 cm³/mol. The maximum atomic E-state index is 13.6. The van der Waals surface area contributed by atoms with Crippen molar-refractivity contribution in [3.8, 4) is 11.8 Å². The Morgan fingerprint density at radius 2 is 1.97 bits per heavy atom. The molecule has 0 aromatic heterocycles. The largest absolute Gasteiger partial charge is 0.488 e. The predicted octanol–water partition coefficient (Wildman–Crippen LogP) is 3.95. The molecule has 4 aliphatic rings. The summed E-state index contributed by atoms with van der Waals surface area (Å²) in [5.41, 5.74) is 7.82. The highest BCUT2D eigenvalue weighted by molar-refractivity contribution is 5.99. The number of carbonyl (C=O) groups is 2. The van der Waals surface area contributed by atoms with Gasteiger partial charge in [0, 0.05) is 22.9 Å². The highest BCUT2D eigenvalue weighted by Gasteiger charge is 2.63. The second kappa shape index (κ2) is 8.57. The Morgan fingerprint density at radius 3 is 2.72 bits per heavy atom. The van der Waals surface area contributed by atoms with Crippen LogP contribution in [0.2, 0.25) is 0 Å². The first-order valence-corrected chi connectivity index (χ1v) is 13.7. The van der Waals surface area contributed by atoms with Crippen LogP contribution in [0.25, 0.3) is 0 Å². The summed E-state index contributed by atoms with van der Waals surface area (Å²) in [4.78, 5) is 33.1. The first-order valence-electron chi connectivity index (χ1n) is 13.7. The molecule has 2 heterocycles. The Kier molecular flexibility index (Phi) is 5.59. The molecule has 2 aromatic rings. The second-order valence-electron chi connectivity index (χ2n) is 12.9. The number of benzene rings is 2. The molecule has 3 N–H and O–H groups in total. The van der Waals surface area contributed by atoms with E-state index in [4.69, 9.17) is 10.5 Å². The molecule has 2 aromatic carbocycles. The normalized spacial score (nSPS) is 30.3. The molecule has 2 aliphatic carbocycles. The Labute approximate surface area is 229 Å². The number of fused-ring (bicyclic) bond motifs is 2. The van der Waals surface area contributed by atoms with Crippen molar-refractivity contribution in [1.29, 1.82) is 5.26 Å². The summed E-state index contributed by atoms with van der Waals surface area (Å²) in [6.45, 7) is 7.97. The van der Waals surface area contributed by atoms with E-state index in [2.05, 4.69) is 36.3 Å². The molecule has 8 heteroatoms. The van der Waals surface area contributed by atoms with Crippen molar-refractivity contribution in [3.63, 3.8) is 0 Å². The molecule has 2 amide bonds. The highest BCUT2D eigenvalue weighted by Crippen LogP contribution is 2.60. The minimum absolute atomic E-state index is 0.00499. The first-order chi connectivity index (χ1) is 18.4. The summed E-state index contributed by atoms with van der Waals surface area (Å²) in [5.74, 6) is 0.576. The van der Waals surface area contributed by atoms with Gasteiger partial charge in [0.2, 0.25) is 11.8 Å². The smallest absolute Gasteiger partial charge is 0.232 e. The van der Waals surface area contributed by atoms with Crippen molar-refractivity contribution in [2.24, 2.45) is 22.6 Å². The molecule has 5 atom stereocenters. The number of guanidine groups is 1. The van der Waals surface area contributed by atoms with Crippen LogP contribution in [0.3, 0.4) is 0 Å². The maximum Gasteiger partial charge on any atom is 0.232 e. The molecule has 6 rings (SSSR count). The van der Waals surface area contributed by atoms with E-state index in [9.17, 15) is 14.9 Å². The molecule has 2 saturated carbocycles. The zero-order chi connectivity index (χ0) is 27.7. The van der Waals surface area contributed by atoms with Crippen LogP contribution in [0, 0.1) is 23.2 Å². The molecule has 0 saturated heterocycles. The zero-order valence-electron chi connectivity index (χ0n) is 22.9. The van der Waals surface area contributed by atoms with Crippen LogP contribution in [0.4, 0.5) is 0 Å². The molecular weight excluding hydrogens is 490 g/mol. The Bertz CT molecular complexity index is 1440. The number of nitrogens with one attached hydrogen (secondary N) is 1. The van der Waals surface area contributed by atoms with Gasteiger partial charge in [-0.1, -0.05) is 30.3 Å². The number of nitrogens with zero attached hydrogens (tertiary/aromatic N) is 3. The fourth-order valence-corrected chi connectivity index (χ4v) is 6.95. The lowest BCUT2D eigenvalue weighted by Gasteiger charge is -2.39. The third-order valence-electron chi connectivity index (χ3n) is 8.68. The number of para-hydroxylation sites is 1. The van der Waals surface area contributed by atoms with Crippen LogP contribution < -0.4 is 15.8 Å². The molecular formula is C31H35N5O3. The molecule has 202 valence electrons. The number of aliphatic imine (C=N–C) groups is 1. The average Bonchev–Trinajstić information content (AvgIpc) is 3.77. The number of hydrogen-bond acceptors (Lipinski definition) is 6. The number of nitrogens with two attached hydrogens (primary N) is 1. The molecule has 2 unspecified atom stereocenters. The summed E-state index contributed by atoms with van der Waals surface area (Å²) in [7, 11) is 0. The lowest BCUT2D eigenvalue weighted by Crippen LogP contribution is -2.52. The van der Waals surface area contributed by atoms with Crippen molar-refractivity contribution in [2.75, 3.05) is 0 Å². The minimum Gasteiger partial charge on any atom is -0.488 e. The van der Waals surface area contributed by atoms with Gasteiger partial charge in [0.25, 0.3) is 0 Å². The molecule has 0 radical (unpaired) electrons. The van der Waals surface area contributed by atoms with Gasteiger partial charge in [0.05, 0.1) is 29.6 Å². The van der Waals surface area contributed by atoms with E-state index in [-0.39, 0.29) is 53.1 Å². The van der Waals surface area contributed by atoms with Gasteiger partial charge >= 0.3 is 0 Å². The molecule has 1 spiro atoms. The Morgan fingerprint density at radius 1 is 1.21 bits per heavy atom. The fourth-order valence-electron chi connectivity index (χ4n) is 6.95.